The van der Waals surface area contributed by atoms with Gasteiger partial charge < -0.3 is 9.84 Å². The van der Waals surface area contributed by atoms with Gasteiger partial charge in [0.15, 0.2) is 6.10 Å². The molecule has 0 amide bonds. The van der Waals surface area contributed by atoms with Crippen LogP contribution in [-0.2, 0) is 16.0 Å². The van der Waals surface area contributed by atoms with Crippen LogP contribution < -0.4 is 0 Å². The maximum absolute atomic E-state index is 12.1. The average molecular weight is 234 g/mol. The van der Waals surface area contributed by atoms with Gasteiger partial charge in [-0.15, -0.1) is 0 Å². The fraction of sp³-hybridized carbons (Fsp3) is 0.385. The lowest BCUT2D eigenvalue weighted by molar-refractivity contribution is -0.150. The topological polar surface area (TPSA) is 63.6 Å². The number of carbonyl (C=O) groups excluding carboxylic acids is 2. The van der Waals surface area contributed by atoms with Gasteiger partial charge in [-0.2, -0.15) is 0 Å². The zero-order valence-electron chi connectivity index (χ0n) is 9.39. The highest BCUT2D eigenvalue weighted by molar-refractivity contribution is 6.01. The van der Waals surface area contributed by atoms with E-state index in [9.17, 15) is 9.59 Å². The number of benzene rings is 1. The Bertz CT molecular complexity index is 439. The number of ketones is 1. The number of carbonyl (C=O) groups is 2. The second kappa shape index (κ2) is 5.10. The van der Waals surface area contributed by atoms with Gasteiger partial charge in [-0.05, 0) is 24.8 Å². The maximum Gasteiger partial charge on any atom is 0.332 e. The van der Waals surface area contributed by atoms with Crippen LogP contribution in [0, 0.1) is 0 Å². The summed E-state index contributed by atoms with van der Waals surface area (Å²) in [5, 5.41) is 8.63. The van der Waals surface area contributed by atoms with Crippen molar-refractivity contribution in [1.82, 2.24) is 0 Å². The minimum absolute atomic E-state index is 0.167. The predicted molar refractivity (Wildman–Crippen MR) is 60.7 cm³/mol. The first-order chi connectivity index (χ1) is 8.22. The van der Waals surface area contributed by atoms with E-state index < -0.39 is 18.7 Å². The van der Waals surface area contributed by atoms with E-state index in [0.29, 0.717) is 12.0 Å². The molecule has 1 N–H and O–H groups in total. The van der Waals surface area contributed by atoms with E-state index in [1.807, 2.05) is 12.1 Å². The summed E-state index contributed by atoms with van der Waals surface area (Å²) in [6.45, 7) is -0.689. The Hall–Kier alpha value is -1.68. The van der Waals surface area contributed by atoms with E-state index in [4.69, 9.17) is 9.84 Å². The van der Waals surface area contributed by atoms with Crippen molar-refractivity contribution >= 4 is 11.8 Å². The Morgan fingerprint density at radius 1 is 1.41 bits per heavy atom. The van der Waals surface area contributed by atoms with Crippen LogP contribution in [0.5, 0.6) is 0 Å². The van der Waals surface area contributed by atoms with Crippen molar-refractivity contribution in [2.45, 2.75) is 25.4 Å². The Kier molecular flexibility index (Phi) is 3.54. The highest BCUT2D eigenvalue weighted by Crippen LogP contribution is 2.22. The molecule has 0 heterocycles. The summed E-state index contributed by atoms with van der Waals surface area (Å²) in [6.07, 6.45) is 1.37. The molecule has 0 saturated carbocycles. The van der Waals surface area contributed by atoms with Gasteiger partial charge in [-0.1, -0.05) is 24.3 Å². The van der Waals surface area contributed by atoms with Crippen molar-refractivity contribution in [1.29, 1.82) is 0 Å². The molecule has 0 bridgehead atoms. The smallest absolute Gasteiger partial charge is 0.332 e. The third kappa shape index (κ3) is 2.53. The Morgan fingerprint density at radius 3 is 2.94 bits per heavy atom. The number of esters is 1. The van der Waals surface area contributed by atoms with Gasteiger partial charge in [0.2, 0.25) is 5.78 Å². The molecule has 1 atom stereocenters. The SMILES string of the molecule is O=C(CO)OC1CCCc2ccccc2C1=O. The number of fused-ring (bicyclic) bond motifs is 1. The molecule has 0 aromatic heterocycles. The third-order valence-corrected chi connectivity index (χ3v) is 2.89. The lowest BCUT2D eigenvalue weighted by Gasteiger charge is -2.13. The first-order valence-corrected chi connectivity index (χ1v) is 5.65. The van der Waals surface area contributed by atoms with Crippen molar-refractivity contribution in [2.24, 2.45) is 0 Å². The van der Waals surface area contributed by atoms with Gasteiger partial charge in [0, 0.05) is 5.56 Å². The fourth-order valence-electron chi connectivity index (χ4n) is 2.07. The molecule has 17 heavy (non-hydrogen) atoms. The molecule has 1 aliphatic carbocycles. The van der Waals surface area contributed by atoms with Crippen molar-refractivity contribution in [3.05, 3.63) is 35.4 Å². The standard InChI is InChI=1S/C13H14O4/c14-8-12(15)17-11-7-3-5-9-4-1-2-6-10(9)13(11)16/h1-2,4,6,11,14H,3,5,7-8H2. The highest BCUT2D eigenvalue weighted by atomic mass is 16.6. The summed E-state index contributed by atoms with van der Waals surface area (Å²) in [5.74, 6) is -0.914. The van der Waals surface area contributed by atoms with Crippen LogP contribution in [0.1, 0.15) is 28.8 Å². The number of aliphatic hydroxyl groups is 1. The number of hydrogen-bond acceptors (Lipinski definition) is 4. The minimum Gasteiger partial charge on any atom is -0.452 e. The molecule has 2 rings (SSSR count). The lowest BCUT2D eigenvalue weighted by Crippen LogP contribution is -2.28. The molecule has 0 aliphatic heterocycles. The Balaban J connectivity index is 2.23. The van der Waals surface area contributed by atoms with Crippen molar-refractivity contribution < 1.29 is 19.4 Å². The number of Topliss-reactive ketones (excluding diaryl/α,β-unsaturated/α-hetero) is 1. The molecule has 1 unspecified atom stereocenters. The van der Waals surface area contributed by atoms with Crippen LogP contribution in [-0.4, -0.2) is 29.6 Å². The summed E-state index contributed by atoms with van der Waals surface area (Å²) in [5.41, 5.74) is 1.63. The quantitative estimate of drug-likeness (QED) is 0.615. The first kappa shape index (κ1) is 11.8. The normalized spacial score (nSPS) is 19.4. The molecule has 0 saturated heterocycles. The van der Waals surface area contributed by atoms with E-state index in [1.54, 1.807) is 12.1 Å². The summed E-state index contributed by atoms with van der Waals surface area (Å²) in [7, 11) is 0. The van der Waals surface area contributed by atoms with Gasteiger partial charge in [-0.3, -0.25) is 4.79 Å². The number of aryl methyl sites for hydroxylation is 1. The van der Waals surface area contributed by atoms with Crippen LogP contribution in [0.25, 0.3) is 0 Å². The van der Waals surface area contributed by atoms with E-state index in [2.05, 4.69) is 0 Å². The van der Waals surface area contributed by atoms with Gasteiger partial charge in [0.05, 0.1) is 0 Å². The van der Waals surface area contributed by atoms with Crippen molar-refractivity contribution in [3.63, 3.8) is 0 Å². The molecule has 1 aromatic carbocycles. The monoisotopic (exact) mass is 234 g/mol. The summed E-state index contributed by atoms with van der Waals surface area (Å²) < 4.78 is 4.95. The van der Waals surface area contributed by atoms with Crippen LogP contribution in [0.2, 0.25) is 0 Å². The van der Waals surface area contributed by atoms with Gasteiger partial charge in [0.25, 0.3) is 0 Å². The largest absolute Gasteiger partial charge is 0.452 e. The van der Waals surface area contributed by atoms with Gasteiger partial charge in [-0.25, -0.2) is 4.79 Å². The molecule has 1 aromatic rings. The zero-order chi connectivity index (χ0) is 12.3. The van der Waals surface area contributed by atoms with Gasteiger partial charge in [0.1, 0.15) is 6.61 Å². The molecule has 4 heteroatoms. The minimum atomic E-state index is -0.752. The fourth-order valence-corrected chi connectivity index (χ4v) is 2.07. The van der Waals surface area contributed by atoms with E-state index in [-0.39, 0.29) is 5.78 Å². The molecule has 90 valence electrons. The van der Waals surface area contributed by atoms with Crippen LogP contribution >= 0.6 is 0 Å². The van der Waals surface area contributed by atoms with Crippen LogP contribution in [0.4, 0.5) is 0 Å². The molecule has 0 radical (unpaired) electrons. The molecule has 4 nitrogen and oxygen atoms in total. The predicted octanol–water partition coefficient (Wildman–Crippen LogP) is 1.11. The third-order valence-electron chi connectivity index (χ3n) is 2.89. The van der Waals surface area contributed by atoms with E-state index in [1.165, 1.54) is 0 Å². The maximum atomic E-state index is 12.1. The Morgan fingerprint density at radius 2 is 2.18 bits per heavy atom. The number of ether oxygens (including phenoxy) is 1. The summed E-state index contributed by atoms with van der Waals surface area (Å²) in [6, 6.07) is 7.37. The van der Waals surface area contributed by atoms with Gasteiger partial charge >= 0.3 is 5.97 Å². The number of aliphatic hydroxyl groups excluding tert-OH is 1. The van der Waals surface area contributed by atoms with E-state index in [0.717, 1.165) is 18.4 Å². The molecular weight excluding hydrogens is 220 g/mol. The van der Waals surface area contributed by atoms with E-state index >= 15 is 0 Å². The molecule has 0 spiro atoms. The summed E-state index contributed by atoms with van der Waals surface area (Å²) in [4.78, 5) is 23.2. The molecule has 1 aliphatic rings. The van der Waals surface area contributed by atoms with Crippen LogP contribution in [0.15, 0.2) is 24.3 Å². The number of hydrogen-bond donors (Lipinski definition) is 1. The second-order valence-electron chi connectivity index (χ2n) is 4.05. The zero-order valence-corrected chi connectivity index (χ0v) is 9.39. The first-order valence-electron chi connectivity index (χ1n) is 5.65. The lowest BCUT2D eigenvalue weighted by atomic mass is 10.0. The second-order valence-corrected chi connectivity index (χ2v) is 4.05. The summed E-state index contributed by atoms with van der Waals surface area (Å²) >= 11 is 0. The Labute approximate surface area is 99.2 Å². The molecule has 0 fully saturated rings. The van der Waals surface area contributed by atoms with Crippen molar-refractivity contribution in [3.8, 4) is 0 Å². The average Bonchev–Trinajstić information content (AvgIpc) is 2.51. The highest BCUT2D eigenvalue weighted by Gasteiger charge is 2.27. The molecular formula is C13H14O4. The van der Waals surface area contributed by atoms with Crippen LogP contribution in [0.3, 0.4) is 0 Å². The van der Waals surface area contributed by atoms with Crippen molar-refractivity contribution in [2.75, 3.05) is 6.61 Å². The number of rotatable bonds is 2.